The first-order valence-corrected chi connectivity index (χ1v) is 10.1. The molecule has 0 saturated heterocycles. The third kappa shape index (κ3) is 5.85. The summed E-state index contributed by atoms with van der Waals surface area (Å²) in [5.41, 5.74) is 4.69. The van der Waals surface area contributed by atoms with E-state index in [-0.39, 0.29) is 5.91 Å². The number of para-hydroxylation sites is 1. The molecular weight excluding hydrogens is 360 g/mol. The van der Waals surface area contributed by atoms with Crippen LogP contribution in [-0.2, 0) is 13.0 Å². The molecule has 0 aliphatic carbocycles. The average molecular weight is 389 g/mol. The van der Waals surface area contributed by atoms with Crippen LogP contribution in [0.15, 0.2) is 72.8 Å². The van der Waals surface area contributed by atoms with Gasteiger partial charge in [-0.3, -0.25) is 4.79 Å². The van der Waals surface area contributed by atoms with Crippen LogP contribution in [0.5, 0.6) is 5.75 Å². The number of unbranched alkanes of at least 4 members (excludes halogenated alkanes) is 1. The van der Waals surface area contributed by atoms with E-state index in [9.17, 15) is 4.79 Å². The Labute approximate surface area is 172 Å². The van der Waals surface area contributed by atoms with Crippen molar-refractivity contribution in [2.24, 2.45) is 0 Å². The molecule has 1 amide bonds. The van der Waals surface area contributed by atoms with Crippen LogP contribution >= 0.6 is 0 Å². The molecule has 3 aromatic carbocycles. The van der Waals surface area contributed by atoms with Gasteiger partial charge in [0.25, 0.3) is 5.91 Å². The van der Waals surface area contributed by atoms with E-state index in [0.29, 0.717) is 17.9 Å². The Morgan fingerprint density at radius 1 is 0.931 bits per heavy atom. The summed E-state index contributed by atoms with van der Waals surface area (Å²) in [6, 6.07) is 23.5. The van der Waals surface area contributed by atoms with Crippen molar-refractivity contribution in [1.82, 2.24) is 0 Å². The monoisotopic (exact) mass is 388 g/mol. The molecule has 29 heavy (non-hydrogen) atoms. The van der Waals surface area contributed by atoms with Crippen molar-refractivity contribution in [1.29, 1.82) is 0 Å². The van der Waals surface area contributed by atoms with Crippen LogP contribution in [0.4, 0.5) is 11.4 Å². The number of carbonyl (C=O) groups is 1. The zero-order chi connectivity index (χ0) is 20.5. The maximum absolute atomic E-state index is 12.6. The molecule has 4 heteroatoms. The van der Waals surface area contributed by atoms with Crippen molar-refractivity contribution in [2.75, 3.05) is 17.7 Å². The van der Waals surface area contributed by atoms with E-state index < -0.39 is 0 Å². The number of hydrogen-bond acceptors (Lipinski definition) is 3. The van der Waals surface area contributed by atoms with Gasteiger partial charge in [-0.15, -0.1) is 0 Å². The summed E-state index contributed by atoms with van der Waals surface area (Å²) in [5.74, 6) is 0.558. The minimum Gasteiger partial charge on any atom is -0.495 e. The quantitative estimate of drug-likeness (QED) is 0.480. The van der Waals surface area contributed by atoms with Crippen molar-refractivity contribution in [3.05, 3.63) is 89.5 Å². The summed E-state index contributed by atoms with van der Waals surface area (Å²) < 4.78 is 5.46. The van der Waals surface area contributed by atoms with Gasteiger partial charge in [0.2, 0.25) is 0 Å². The number of benzene rings is 3. The topological polar surface area (TPSA) is 50.4 Å². The first kappa shape index (κ1) is 20.5. The molecule has 4 nitrogen and oxygen atoms in total. The molecular formula is C25H28N2O2. The SMILES string of the molecule is CCCCc1ccc(CNc2cc(C(=O)Nc3ccccc3)ccc2OC)cc1. The molecule has 2 N–H and O–H groups in total. The second kappa shape index (κ2) is 10.3. The zero-order valence-electron chi connectivity index (χ0n) is 17.1. The number of amides is 1. The number of carbonyl (C=O) groups excluding carboxylic acids is 1. The van der Waals surface area contributed by atoms with Crippen LogP contribution in [0.1, 0.15) is 41.3 Å². The molecule has 0 fully saturated rings. The minimum absolute atomic E-state index is 0.151. The van der Waals surface area contributed by atoms with Gasteiger partial charge >= 0.3 is 0 Å². The first-order chi connectivity index (χ1) is 14.2. The minimum atomic E-state index is -0.151. The Morgan fingerprint density at radius 3 is 2.34 bits per heavy atom. The lowest BCUT2D eigenvalue weighted by atomic mass is 10.1. The number of nitrogens with one attached hydrogen (secondary N) is 2. The second-order valence-electron chi connectivity index (χ2n) is 7.01. The van der Waals surface area contributed by atoms with Crippen LogP contribution < -0.4 is 15.4 Å². The van der Waals surface area contributed by atoms with Crippen LogP contribution in [0, 0.1) is 0 Å². The second-order valence-corrected chi connectivity index (χ2v) is 7.01. The largest absolute Gasteiger partial charge is 0.495 e. The van der Waals surface area contributed by atoms with Gasteiger partial charge in [0.15, 0.2) is 0 Å². The number of aryl methyl sites for hydroxylation is 1. The predicted octanol–water partition coefficient (Wildman–Crippen LogP) is 5.90. The molecule has 0 saturated carbocycles. The lowest BCUT2D eigenvalue weighted by Gasteiger charge is -2.13. The van der Waals surface area contributed by atoms with Gasteiger partial charge in [-0.2, -0.15) is 0 Å². The van der Waals surface area contributed by atoms with Crippen molar-refractivity contribution in [3.63, 3.8) is 0 Å². The van der Waals surface area contributed by atoms with Gasteiger partial charge in [-0.1, -0.05) is 55.8 Å². The highest BCUT2D eigenvalue weighted by Gasteiger charge is 2.11. The van der Waals surface area contributed by atoms with E-state index in [4.69, 9.17) is 4.74 Å². The highest BCUT2D eigenvalue weighted by molar-refractivity contribution is 6.05. The Bertz CT molecular complexity index is 921. The molecule has 0 heterocycles. The van der Waals surface area contributed by atoms with E-state index >= 15 is 0 Å². The van der Waals surface area contributed by atoms with Gasteiger partial charge < -0.3 is 15.4 Å². The fraction of sp³-hybridized carbons (Fsp3) is 0.240. The fourth-order valence-corrected chi connectivity index (χ4v) is 3.11. The van der Waals surface area contributed by atoms with Gasteiger partial charge in [0, 0.05) is 17.8 Å². The average Bonchev–Trinajstić information content (AvgIpc) is 2.77. The number of rotatable bonds is 9. The molecule has 0 aliphatic rings. The smallest absolute Gasteiger partial charge is 0.255 e. The van der Waals surface area contributed by atoms with Crippen LogP contribution in [0.2, 0.25) is 0 Å². The van der Waals surface area contributed by atoms with E-state index in [0.717, 1.165) is 17.8 Å². The zero-order valence-corrected chi connectivity index (χ0v) is 17.1. The third-order valence-electron chi connectivity index (χ3n) is 4.82. The lowest BCUT2D eigenvalue weighted by molar-refractivity contribution is 0.102. The van der Waals surface area contributed by atoms with E-state index in [1.807, 2.05) is 42.5 Å². The van der Waals surface area contributed by atoms with Crippen LogP contribution in [-0.4, -0.2) is 13.0 Å². The molecule has 3 rings (SSSR count). The number of methoxy groups -OCH3 is 1. The molecule has 0 aromatic heterocycles. The van der Waals surface area contributed by atoms with Crippen molar-refractivity contribution in [3.8, 4) is 5.75 Å². The fourth-order valence-electron chi connectivity index (χ4n) is 3.11. The van der Waals surface area contributed by atoms with Gasteiger partial charge in [0.1, 0.15) is 5.75 Å². The standard InChI is InChI=1S/C25H28N2O2/c1-3-4-8-19-11-13-20(14-12-19)18-26-23-17-21(15-16-24(23)29-2)25(28)27-22-9-6-5-7-10-22/h5-7,9-17,26H,3-4,8,18H2,1-2H3,(H,27,28). The lowest BCUT2D eigenvalue weighted by Crippen LogP contribution is -2.12. The van der Waals surface area contributed by atoms with Gasteiger partial charge in [-0.05, 0) is 54.3 Å². The predicted molar refractivity (Wildman–Crippen MR) is 120 cm³/mol. The first-order valence-electron chi connectivity index (χ1n) is 10.1. The Balaban J connectivity index is 1.68. The Hall–Kier alpha value is -3.27. The Morgan fingerprint density at radius 2 is 1.66 bits per heavy atom. The molecule has 0 radical (unpaired) electrons. The van der Waals surface area contributed by atoms with Gasteiger partial charge in [-0.25, -0.2) is 0 Å². The third-order valence-corrected chi connectivity index (χ3v) is 4.82. The number of ether oxygens (including phenoxy) is 1. The summed E-state index contributed by atoms with van der Waals surface area (Å²) in [7, 11) is 1.63. The maximum Gasteiger partial charge on any atom is 0.255 e. The molecule has 0 spiro atoms. The van der Waals surface area contributed by atoms with Crippen LogP contribution in [0.25, 0.3) is 0 Å². The molecule has 0 unspecified atom stereocenters. The number of anilines is 2. The van der Waals surface area contributed by atoms with Crippen molar-refractivity contribution >= 4 is 17.3 Å². The summed E-state index contributed by atoms with van der Waals surface area (Å²) in [4.78, 5) is 12.6. The molecule has 3 aromatic rings. The molecule has 150 valence electrons. The molecule has 0 aliphatic heterocycles. The van der Waals surface area contributed by atoms with Gasteiger partial charge in [0.05, 0.1) is 12.8 Å². The Kier molecular flexibility index (Phi) is 7.28. The van der Waals surface area contributed by atoms with E-state index in [1.54, 1.807) is 13.2 Å². The number of hydrogen-bond donors (Lipinski definition) is 2. The maximum atomic E-state index is 12.6. The normalized spacial score (nSPS) is 10.4. The van der Waals surface area contributed by atoms with E-state index in [1.165, 1.54) is 24.0 Å². The summed E-state index contributed by atoms with van der Waals surface area (Å²) in [6.07, 6.45) is 3.54. The van der Waals surface area contributed by atoms with Crippen molar-refractivity contribution < 1.29 is 9.53 Å². The summed E-state index contributed by atoms with van der Waals surface area (Å²) >= 11 is 0. The van der Waals surface area contributed by atoms with Crippen molar-refractivity contribution in [2.45, 2.75) is 32.7 Å². The highest BCUT2D eigenvalue weighted by Crippen LogP contribution is 2.26. The summed E-state index contributed by atoms with van der Waals surface area (Å²) in [6.45, 7) is 2.87. The molecule has 0 atom stereocenters. The highest BCUT2D eigenvalue weighted by atomic mass is 16.5. The van der Waals surface area contributed by atoms with E-state index in [2.05, 4.69) is 41.8 Å². The molecule has 0 bridgehead atoms. The van der Waals surface area contributed by atoms with Crippen LogP contribution in [0.3, 0.4) is 0 Å². The summed E-state index contributed by atoms with van der Waals surface area (Å²) in [5, 5.41) is 6.31.